The van der Waals surface area contributed by atoms with Crippen molar-refractivity contribution < 1.29 is 29.0 Å². The molecule has 9 nitrogen and oxygen atoms in total. The summed E-state index contributed by atoms with van der Waals surface area (Å²) in [6.07, 6.45) is 2.30. The van der Waals surface area contributed by atoms with Gasteiger partial charge in [0.25, 0.3) is 0 Å². The summed E-state index contributed by atoms with van der Waals surface area (Å²) in [7, 11) is 0. The van der Waals surface area contributed by atoms with Gasteiger partial charge in [0.05, 0.1) is 19.2 Å². The van der Waals surface area contributed by atoms with Crippen LogP contribution >= 0.6 is 0 Å². The van der Waals surface area contributed by atoms with Crippen molar-refractivity contribution in [2.45, 2.75) is 70.1 Å². The maximum Gasteiger partial charge on any atom is 0.326 e. The number of hydrogen-bond donors (Lipinski definition) is 3. The van der Waals surface area contributed by atoms with Crippen LogP contribution < -0.4 is 10.6 Å². The number of rotatable bonds is 15. The summed E-state index contributed by atoms with van der Waals surface area (Å²) >= 11 is 0. The molecule has 0 heterocycles. The lowest BCUT2D eigenvalue weighted by molar-refractivity contribution is -0.147. The van der Waals surface area contributed by atoms with Crippen LogP contribution in [0.3, 0.4) is 0 Å². The number of fused-ring (bicyclic) bond motifs is 1. The molecule has 3 aromatic rings. The van der Waals surface area contributed by atoms with Crippen LogP contribution in [-0.4, -0.2) is 71.1 Å². The largest absolute Gasteiger partial charge is 0.480 e. The summed E-state index contributed by atoms with van der Waals surface area (Å²) in [5, 5.41) is 15.6. The number of benzene rings is 3. The van der Waals surface area contributed by atoms with Crippen LogP contribution in [0.5, 0.6) is 0 Å². The maximum atomic E-state index is 14.0. The van der Waals surface area contributed by atoms with Crippen molar-refractivity contribution in [3.63, 3.8) is 0 Å². The lowest BCUT2D eigenvalue weighted by Crippen LogP contribution is -2.56. The second kappa shape index (κ2) is 15.8. The normalized spacial score (nSPS) is 14.6. The van der Waals surface area contributed by atoms with Gasteiger partial charge in [0.1, 0.15) is 12.1 Å². The van der Waals surface area contributed by atoms with Gasteiger partial charge in [-0.1, -0.05) is 84.9 Å². The Labute approximate surface area is 258 Å². The summed E-state index contributed by atoms with van der Waals surface area (Å²) in [6, 6.07) is 23.8. The molecule has 2 amide bonds. The SMILES string of the molecule is CCOC(=O)[C@@H](CCc1ccccc1)N[C@@H](C)C(=O)N(CC(=O)N[C@@H](Cc1ccccc1)C(=O)O)C1Cc2ccccc2C1. The Kier molecular flexibility index (Phi) is 11.7. The third-order valence-corrected chi connectivity index (χ3v) is 7.94. The Morgan fingerprint density at radius 3 is 2.00 bits per heavy atom. The second-order valence-corrected chi connectivity index (χ2v) is 11.2. The molecule has 1 aliphatic rings. The molecule has 0 aromatic heterocycles. The highest BCUT2D eigenvalue weighted by Crippen LogP contribution is 2.26. The summed E-state index contributed by atoms with van der Waals surface area (Å²) < 4.78 is 5.31. The number of hydrogen-bond acceptors (Lipinski definition) is 6. The van der Waals surface area contributed by atoms with Crippen molar-refractivity contribution in [1.82, 2.24) is 15.5 Å². The number of ether oxygens (including phenoxy) is 1. The summed E-state index contributed by atoms with van der Waals surface area (Å²) in [5.74, 6) is -2.50. The van der Waals surface area contributed by atoms with Gasteiger partial charge in [-0.15, -0.1) is 0 Å². The topological polar surface area (TPSA) is 125 Å². The molecule has 3 N–H and O–H groups in total. The molecule has 0 aliphatic heterocycles. The second-order valence-electron chi connectivity index (χ2n) is 11.2. The van der Waals surface area contributed by atoms with E-state index < -0.39 is 36.0 Å². The number of carbonyl (C=O) groups excluding carboxylic acids is 3. The highest BCUT2D eigenvalue weighted by Gasteiger charge is 2.35. The molecule has 0 saturated heterocycles. The predicted molar refractivity (Wildman–Crippen MR) is 167 cm³/mol. The number of esters is 1. The fourth-order valence-corrected chi connectivity index (χ4v) is 5.68. The average Bonchev–Trinajstić information content (AvgIpc) is 3.46. The number of carbonyl (C=O) groups is 4. The van der Waals surface area contributed by atoms with Crippen LogP contribution in [-0.2, 0) is 49.6 Å². The minimum absolute atomic E-state index is 0.116. The van der Waals surface area contributed by atoms with Gasteiger partial charge < -0.3 is 20.1 Å². The lowest BCUT2D eigenvalue weighted by Gasteiger charge is -2.32. The number of nitrogens with one attached hydrogen (secondary N) is 2. The molecule has 0 unspecified atom stereocenters. The maximum absolute atomic E-state index is 14.0. The predicted octanol–water partition coefficient (Wildman–Crippen LogP) is 3.34. The van der Waals surface area contributed by atoms with Crippen LogP contribution in [0, 0.1) is 0 Å². The summed E-state index contributed by atoms with van der Waals surface area (Å²) in [5.41, 5.74) is 4.05. The van der Waals surface area contributed by atoms with E-state index in [1.54, 1.807) is 26.0 Å². The van der Waals surface area contributed by atoms with E-state index in [0.717, 1.165) is 22.3 Å². The highest BCUT2D eigenvalue weighted by atomic mass is 16.5. The molecule has 232 valence electrons. The van der Waals surface area contributed by atoms with Crippen LogP contribution in [0.4, 0.5) is 0 Å². The van der Waals surface area contributed by atoms with E-state index in [2.05, 4.69) is 10.6 Å². The van der Waals surface area contributed by atoms with Gasteiger partial charge in [0.15, 0.2) is 0 Å². The Hall–Kier alpha value is -4.50. The molecular formula is C35H41N3O6. The summed E-state index contributed by atoms with van der Waals surface area (Å²) in [6.45, 7) is 3.32. The van der Waals surface area contributed by atoms with E-state index in [1.807, 2.05) is 72.8 Å². The van der Waals surface area contributed by atoms with Crippen molar-refractivity contribution in [1.29, 1.82) is 0 Å². The first-order valence-electron chi connectivity index (χ1n) is 15.1. The first-order chi connectivity index (χ1) is 21.2. The van der Waals surface area contributed by atoms with Gasteiger partial charge in [-0.3, -0.25) is 19.7 Å². The van der Waals surface area contributed by atoms with Gasteiger partial charge in [0.2, 0.25) is 11.8 Å². The fraction of sp³-hybridized carbons (Fsp3) is 0.371. The molecule has 3 atom stereocenters. The fourth-order valence-electron chi connectivity index (χ4n) is 5.68. The highest BCUT2D eigenvalue weighted by molar-refractivity contribution is 5.90. The van der Waals surface area contributed by atoms with Gasteiger partial charge in [-0.25, -0.2) is 4.79 Å². The zero-order valence-electron chi connectivity index (χ0n) is 25.3. The zero-order chi connectivity index (χ0) is 31.5. The van der Waals surface area contributed by atoms with Gasteiger partial charge in [-0.2, -0.15) is 0 Å². The van der Waals surface area contributed by atoms with Crippen LogP contribution in [0.25, 0.3) is 0 Å². The minimum Gasteiger partial charge on any atom is -0.480 e. The minimum atomic E-state index is -1.15. The van der Waals surface area contributed by atoms with Crippen molar-refractivity contribution in [2.75, 3.05) is 13.2 Å². The molecule has 0 saturated carbocycles. The Bertz CT molecular complexity index is 1390. The van der Waals surface area contributed by atoms with Crippen molar-refractivity contribution in [2.24, 2.45) is 0 Å². The molecular weight excluding hydrogens is 558 g/mol. The third-order valence-electron chi connectivity index (χ3n) is 7.94. The standard InChI is InChI=1S/C35H41N3O6/c1-3-44-35(43)30(19-18-25-12-6-4-7-13-25)36-24(2)33(40)38(29-21-27-16-10-11-17-28(27)22-29)23-32(39)37-31(34(41)42)20-26-14-8-5-9-15-26/h4-17,24,29-31,36H,3,18-23H2,1-2H3,(H,37,39)(H,41,42)/t24-,30+,31-/m0/s1. The smallest absolute Gasteiger partial charge is 0.326 e. The summed E-state index contributed by atoms with van der Waals surface area (Å²) in [4.78, 5) is 53.8. The van der Waals surface area contributed by atoms with E-state index >= 15 is 0 Å². The Morgan fingerprint density at radius 1 is 0.864 bits per heavy atom. The lowest BCUT2D eigenvalue weighted by atomic mass is 10.0. The third kappa shape index (κ3) is 9.00. The van der Waals surface area contributed by atoms with Crippen molar-refractivity contribution >= 4 is 23.8 Å². The van der Waals surface area contributed by atoms with Gasteiger partial charge in [-0.05, 0) is 61.8 Å². The molecule has 1 aliphatic carbocycles. The molecule has 9 heteroatoms. The number of carboxylic acids is 1. The molecule has 44 heavy (non-hydrogen) atoms. The monoisotopic (exact) mass is 599 g/mol. The first kappa shape index (κ1) is 32.4. The van der Waals surface area contributed by atoms with E-state index in [9.17, 15) is 24.3 Å². The number of carboxylic acid groups (broad SMARTS) is 1. The average molecular weight is 600 g/mol. The quantitative estimate of drug-likeness (QED) is 0.229. The Morgan fingerprint density at radius 2 is 1.43 bits per heavy atom. The van der Waals surface area contributed by atoms with Gasteiger partial charge >= 0.3 is 11.9 Å². The van der Waals surface area contributed by atoms with Crippen LogP contribution in [0.1, 0.15) is 42.5 Å². The van der Waals surface area contributed by atoms with Crippen molar-refractivity contribution in [3.8, 4) is 0 Å². The molecule has 0 bridgehead atoms. The van der Waals surface area contributed by atoms with E-state index in [-0.39, 0.29) is 31.5 Å². The Balaban J connectivity index is 1.49. The first-order valence-corrected chi connectivity index (χ1v) is 15.1. The molecule has 0 spiro atoms. The number of nitrogens with zero attached hydrogens (tertiary/aromatic N) is 1. The van der Waals surface area contributed by atoms with E-state index in [4.69, 9.17) is 4.74 Å². The number of aryl methyl sites for hydroxylation is 1. The molecule has 0 fully saturated rings. The molecule has 4 rings (SSSR count). The van der Waals surface area contributed by atoms with Gasteiger partial charge in [0, 0.05) is 12.5 Å². The zero-order valence-corrected chi connectivity index (χ0v) is 25.3. The molecule has 3 aromatic carbocycles. The molecule has 0 radical (unpaired) electrons. The van der Waals surface area contributed by atoms with E-state index in [0.29, 0.717) is 25.7 Å². The number of amides is 2. The van der Waals surface area contributed by atoms with Crippen LogP contribution in [0.2, 0.25) is 0 Å². The van der Waals surface area contributed by atoms with E-state index in [1.165, 1.54) is 4.90 Å². The number of aliphatic carboxylic acids is 1. The van der Waals surface area contributed by atoms with Crippen molar-refractivity contribution in [3.05, 3.63) is 107 Å². The van der Waals surface area contributed by atoms with Crippen LogP contribution in [0.15, 0.2) is 84.9 Å².